The Morgan fingerprint density at radius 2 is 2.04 bits per heavy atom. The SMILES string of the molecule is O=C(CNc1cccc(OCC2CCCO2)c1)Nc1ccc(F)cc1. The molecule has 0 bridgehead atoms. The maximum atomic E-state index is 12.8. The topological polar surface area (TPSA) is 59.6 Å². The van der Waals surface area contributed by atoms with Crippen LogP contribution in [0.1, 0.15) is 12.8 Å². The fourth-order valence-electron chi connectivity index (χ4n) is 2.58. The van der Waals surface area contributed by atoms with E-state index in [1.54, 1.807) is 0 Å². The molecule has 1 fully saturated rings. The molecule has 2 aromatic carbocycles. The highest BCUT2D eigenvalue weighted by atomic mass is 19.1. The van der Waals surface area contributed by atoms with Gasteiger partial charge in [0.15, 0.2) is 0 Å². The number of benzene rings is 2. The molecule has 0 saturated carbocycles. The van der Waals surface area contributed by atoms with Crippen molar-refractivity contribution in [2.45, 2.75) is 18.9 Å². The summed E-state index contributed by atoms with van der Waals surface area (Å²) < 4.78 is 24.1. The monoisotopic (exact) mass is 344 g/mol. The van der Waals surface area contributed by atoms with E-state index in [0.29, 0.717) is 12.3 Å². The van der Waals surface area contributed by atoms with Crippen LogP contribution in [0.2, 0.25) is 0 Å². The smallest absolute Gasteiger partial charge is 0.243 e. The second kappa shape index (κ2) is 8.48. The summed E-state index contributed by atoms with van der Waals surface area (Å²) in [5.74, 6) is 0.188. The molecule has 2 N–H and O–H groups in total. The molecule has 1 unspecified atom stereocenters. The number of nitrogens with one attached hydrogen (secondary N) is 2. The van der Waals surface area contributed by atoms with E-state index >= 15 is 0 Å². The molecular formula is C19H21FN2O3. The van der Waals surface area contributed by atoms with Crippen molar-refractivity contribution in [1.82, 2.24) is 0 Å². The first-order valence-corrected chi connectivity index (χ1v) is 8.33. The number of halogens is 1. The molecule has 1 atom stereocenters. The molecule has 5 nitrogen and oxygen atoms in total. The minimum atomic E-state index is -0.337. The van der Waals surface area contributed by atoms with Crippen molar-refractivity contribution in [3.63, 3.8) is 0 Å². The number of rotatable bonds is 7. The van der Waals surface area contributed by atoms with Crippen LogP contribution in [0, 0.1) is 5.82 Å². The quantitative estimate of drug-likeness (QED) is 0.808. The Morgan fingerprint density at radius 1 is 1.20 bits per heavy atom. The van der Waals surface area contributed by atoms with Crippen LogP contribution >= 0.6 is 0 Å². The second-order valence-electron chi connectivity index (χ2n) is 5.88. The molecule has 6 heteroatoms. The number of carbonyl (C=O) groups is 1. The first-order chi connectivity index (χ1) is 12.2. The van der Waals surface area contributed by atoms with Gasteiger partial charge < -0.3 is 20.1 Å². The molecule has 2 aromatic rings. The highest BCUT2D eigenvalue weighted by Crippen LogP contribution is 2.19. The molecule has 0 spiro atoms. The lowest BCUT2D eigenvalue weighted by atomic mass is 10.2. The second-order valence-corrected chi connectivity index (χ2v) is 5.88. The number of ether oxygens (including phenoxy) is 2. The molecule has 1 amide bonds. The lowest BCUT2D eigenvalue weighted by Crippen LogP contribution is -2.21. The van der Waals surface area contributed by atoms with Gasteiger partial charge in [0.25, 0.3) is 0 Å². The zero-order chi connectivity index (χ0) is 17.5. The lowest BCUT2D eigenvalue weighted by molar-refractivity contribution is -0.114. The number of anilines is 2. The van der Waals surface area contributed by atoms with Crippen LogP contribution in [0.5, 0.6) is 5.75 Å². The maximum Gasteiger partial charge on any atom is 0.243 e. The number of hydrogen-bond donors (Lipinski definition) is 2. The molecule has 1 aliphatic rings. The Kier molecular flexibility index (Phi) is 5.85. The first-order valence-electron chi connectivity index (χ1n) is 8.33. The summed E-state index contributed by atoms with van der Waals surface area (Å²) in [6, 6.07) is 13.1. The zero-order valence-electron chi connectivity index (χ0n) is 13.8. The third kappa shape index (κ3) is 5.46. The summed E-state index contributed by atoms with van der Waals surface area (Å²) in [5.41, 5.74) is 1.35. The highest BCUT2D eigenvalue weighted by molar-refractivity contribution is 5.93. The first kappa shape index (κ1) is 17.2. The third-order valence-corrected chi connectivity index (χ3v) is 3.87. The molecule has 0 radical (unpaired) electrons. The summed E-state index contributed by atoms with van der Waals surface area (Å²) in [6.45, 7) is 1.44. The van der Waals surface area contributed by atoms with Crippen molar-refractivity contribution < 1.29 is 18.7 Å². The molecule has 0 aromatic heterocycles. The van der Waals surface area contributed by atoms with E-state index in [2.05, 4.69) is 10.6 Å². The molecule has 25 heavy (non-hydrogen) atoms. The fraction of sp³-hybridized carbons (Fsp3) is 0.316. The molecule has 1 heterocycles. The molecule has 3 rings (SSSR count). The van der Waals surface area contributed by atoms with E-state index in [1.165, 1.54) is 24.3 Å². The summed E-state index contributed by atoms with van der Waals surface area (Å²) >= 11 is 0. The van der Waals surface area contributed by atoms with E-state index in [4.69, 9.17) is 9.47 Å². The Balaban J connectivity index is 1.46. The van der Waals surface area contributed by atoms with Gasteiger partial charge in [0.05, 0.1) is 12.6 Å². The Morgan fingerprint density at radius 3 is 2.80 bits per heavy atom. The molecule has 0 aliphatic carbocycles. The highest BCUT2D eigenvalue weighted by Gasteiger charge is 2.16. The lowest BCUT2D eigenvalue weighted by Gasteiger charge is -2.13. The van der Waals surface area contributed by atoms with Crippen molar-refractivity contribution in [3.8, 4) is 5.75 Å². The van der Waals surface area contributed by atoms with Crippen LogP contribution in [0.3, 0.4) is 0 Å². The summed E-state index contributed by atoms with van der Waals surface area (Å²) in [7, 11) is 0. The zero-order valence-corrected chi connectivity index (χ0v) is 13.8. The van der Waals surface area contributed by atoms with Gasteiger partial charge >= 0.3 is 0 Å². The Hall–Kier alpha value is -2.60. The standard InChI is InChI=1S/C19H21FN2O3/c20-14-6-8-15(9-7-14)22-19(23)12-21-16-3-1-4-17(11-16)25-13-18-5-2-10-24-18/h1,3-4,6-9,11,18,21H,2,5,10,12-13H2,(H,22,23). The van der Waals surface area contributed by atoms with Crippen molar-refractivity contribution in [2.24, 2.45) is 0 Å². The van der Waals surface area contributed by atoms with Gasteiger partial charge in [0.2, 0.25) is 5.91 Å². The predicted molar refractivity (Wildman–Crippen MR) is 94.4 cm³/mol. The van der Waals surface area contributed by atoms with Gasteiger partial charge in [-0.1, -0.05) is 6.07 Å². The van der Waals surface area contributed by atoms with Crippen molar-refractivity contribution in [1.29, 1.82) is 0 Å². The van der Waals surface area contributed by atoms with Gasteiger partial charge in [-0.05, 0) is 49.2 Å². The Labute approximate surface area is 146 Å². The molecular weight excluding hydrogens is 323 g/mol. The van der Waals surface area contributed by atoms with Crippen LogP contribution in [0.25, 0.3) is 0 Å². The Bertz CT molecular complexity index is 700. The van der Waals surface area contributed by atoms with Crippen LogP contribution in [0.15, 0.2) is 48.5 Å². The minimum absolute atomic E-state index is 0.104. The largest absolute Gasteiger partial charge is 0.491 e. The normalized spacial score (nSPS) is 16.4. The number of amides is 1. The van der Waals surface area contributed by atoms with E-state index in [0.717, 1.165) is 30.9 Å². The average molecular weight is 344 g/mol. The predicted octanol–water partition coefficient (Wildman–Crippen LogP) is 3.43. The van der Waals surface area contributed by atoms with Gasteiger partial charge in [0.1, 0.15) is 18.2 Å². The van der Waals surface area contributed by atoms with E-state index in [-0.39, 0.29) is 24.4 Å². The summed E-state index contributed by atoms with van der Waals surface area (Å²) in [4.78, 5) is 11.9. The van der Waals surface area contributed by atoms with Crippen LogP contribution in [0.4, 0.5) is 15.8 Å². The van der Waals surface area contributed by atoms with E-state index in [9.17, 15) is 9.18 Å². The van der Waals surface area contributed by atoms with Gasteiger partial charge in [0, 0.05) is 24.0 Å². The maximum absolute atomic E-state index is 12.8. The van der Waals surface area contributed by atoms with Gasteiger partial charge in [-0.2, -0.15) is 0 Å². The molecule has 1 saturated heterocycles. The summed E-state index contributed by atoms with van der Waals surface area (Å²) in [5, 5.41) is 5.75. The number of hydrogen-bond acceptors (Lipinski definition) is 4. The van der Waals surface area contributed by atoms with Crippen molar-refractivity contribution in [3.05, 3.63) is 54.3 Å². The van der Waals surface area contributed by atoms with Crippen LogP contribution in [-0.2, 0) is 9.53 Å². The van der Waals surface area contributed by atoms with Crippen molar-refractivity contribution in [2.75, 3.05) is 30.4 Å². The van der Waals surface area contributed by atoms with E-state index in [1.807, 2.05) is 24.3 Å². The molecule has 1 aliphatic heterocycles. The van der Waals surface area contributed by atoms with E-state index < -0.39 is 0 Å². The van der Waals surface area contributed by atoms with Crippen LogP contribution in [-0.4, -0.2) is 31.8 Å². The third-order valence-electron chi connectivity index (χ3n) is 3.87. The fourth-order valence-corrected chi connectivity index (χ4v) is 2.58. The average Bonchev–Trinajstić information content (AvgIpc) is 3.14. The van der Waals surface area contributed by atoms with Crippen LogP contribution < -0.4 is 15.4 Å². The van der Waals surface area contributed by atoms with Crippen molar-refractivity contribution >= 4 is 17.3 Å². The minimum Gasteiger partial charge on any atom is -0.491 e. The van der Waals surface area contributed by atoms with Gasteiger partial charge in [-0.25, -0.2) is 4.39 Å². The molecule has 132 valence electrons. The summed E-state index contributed by atoms with van der Waals surface area (Å²) in [6.07, 6.45) is 2.28. The van der Waals surface area contributed by atoms with Gasteiger partial charge in [-0.3, -0.25) is 4.79 Å². The van der Waals surface area contributed by atoms with Gasteiger partial charge in [-0.15, -0.1) is 0 Å². The number of carbonyl (C=O) groups excluding carboxylic acids is 1.